The number of amides is 2. The summed E-state index contributed by atoms with van der Waals surface area (Å²) in [6.45, 7) is 1.90. The Morgan fingerprint density at radius 3 is 2.68 bits per heavy atom. The van der Waals surface area contributed by atoms with Gasteiger partial charge in [-0.15, -0.1) is 0 Å². The number of ether oxygens (including phenoxy) is 1. The second-order valence-corrected chi connectivity index (χ2v) is 6.29. The van der Waals surface area contributed by atoms with Crippen molar-refractivity contribution >= 4 is 11.8 Å². The van der Waals surface area contributed by atoms with E-state index in [2.05, 4.69) is 25.7 Å². The highest BCUT2D eigenvalue weighted by atomic mass is 16.5. The summed E-state index contributed by atoms with van der Waals surface area (Å²) >= 11 is 0. The largest absolute Gasteiger partial charge is 0.490 e. The maximum absolute atomic E-state index is 12.5. The van der Waals surface area contributed by atoms with Gasteiger partial charge in [0.1, 0.15) is 5.82 Å². The van der Waals surface area contributed by atoms with Crippen LogP contribution in [0.2, 0.25) is 0 Å². The van der Waals surface area contributed by atoms with E-state index in [0.29, 0.717) is 24.5 Å². The minimum atomic E-state index is -0.695. The predicted octanol–water partition coefficient (Wildman–Crippen LogP) is 1.41. The van der Waals surface area contributed by atoms with Gasteiger partial charge in [0.25, 0.3) is 5.56 Å². The first-order valence-electron chi connectivity index (χ1n) is 8.17. The summed E-state index contributed by atoms with van der Waals surface area (Å²) < 4.78 is 6.64. The molecule has 0 unspecified atom stereocenters. The number of nitrogens with zero attached hydrogens (tertiary/aromatic N) is 3. The molecule has 0 atom stereocenters. The quantitative estimate of drug-likeness (QED) is 0.774. The topological polar surface area (TPSA) is 114 Å². The standard InChI is InChI=1S/C16H22N6O3/c1-10-8-12(21-22(10)2)18-15(24)20-16(6-4-5-7-16)14-17-9-11(25-3)13(23)19-14/h8-9H,4-7H2,1-3H3,(H,17,19,23)(H2,18,20,21,24). The second-order valence-electron chi connectivity index (χ2n) is 6.29. The number of carbonyl (C=O) groups excluding carboxylic acids is 1. The number of nitrogens with one attached hydrogen (secondary N) is 3. The molecule has 0 spiro atoms. The number of rotatable bonds is 4. The molecule has 2 heterocycles. The molecule has 3 N–H and O–H groups in total. The highest BCUT2D eigenvalue weighted by molar-refractivity contribution is 5.88. The molecule has 3 rings (SSSR count). The minimum Gasteiger partial charge on any atom is -0.490 e. The SMILES string of the molecule is COc1cnc(C2(NC(=O)Nc3cc(C)n(C)n3)CCCC2)[nH]c1=O. The highest BCUT2D eigenvalue weighted by Crippen LogP contribution is 2.36. The summed E-state index contributed by atoms with van der Waals surface area (Å²) in [5.74, 6) is 1.07. The first kappa shape index (κ1) is 17.0. The summed E-state index contributed by atoms with van der Waals surface area (Å²) in [6, 6.07) is 1.41. The molecule has 1 saturated carbocycles. The van der Waals surface area contributed by atoms with Crippen LogP contribution in [0.1, 0.15) is 37.2 Å². The normalized spacial score (nSPS) is 15.8. The van der Waals surface area contributed by atoms with Crippen molar-refractivity contribution < 1.29 is 9.53 Å². The first-order valence-corrected chi connectivity index (χ1v) is 8.17. The molecular weight excluding hydrogens is 324 g/mol. The van der Waals surface area contributed by atoms with E-state index >= 15 is 0 Å². The molecule has 1 aliphatic rings. The summed E-state index contributed by atoms with van der Waals surface area (Å²) in [7, 11) is 3.22. The molecule has 1 fully saturated rings. The van der Waals surface area contributed by atoms with Gasteiger partial charge in [-0.2, -0.15) is 5.10 Å². The molecule has 2 aromatic rings. The third-order valence-corrected chi connectivity index (χ3v) is 4.61. The van der Waals surface area contributed by atoms with Crippen LogP contribution in [0.25, 0.3) is 0 Å². The van der Waals surface area contributed by atoms with Crippen LogP contribution in [0.4, 0.5) is 10.6 Å². The number of hydrogen-bond donors (Lipinski definition) is 3. The zero-order chi connectivity index (χ0) is 18.0. The lowest BCUT2D eigenvalue weighted by Crippen LogP contribution is -2.47. The Morgan fingerprint density at radius 2 is 2.12 bits per heavy atom. The van der Waals surface area contributed by atoms with Gasteiger partial charge in [0.2, 0.25) is 5.75 Å². The van der Waals surface area contributed by atoms with E-state index in [9.17, 15) is 9.59 Å². The summed E-state index contributed by atoms with van der Waals surface area (Å²) in [6.07, 6.45) is 4.68. The average Bonchev–Trinajstić information content (AvgIpc) is 3.15. The van der Waals surface area contributed by atoms with Crippen molar-refractivity contribution in [3.63, 3.8) is 0 Å². The molecular formula is C16H22N6O3. The average molecular weight is 346 g/mol. The smallest absolute Gasteiger partial charge is 0.321 e. The fraction of sp³-hybridized carbons (Fsp3) is 0.500. The highest BCUT2D eigenvalue weighted by Gasteiger charge is 2.39. The number of aromatic nitrogens is 4. The number of aryl methyl sites for hydroxylation is 2. The first-order chi connectivity index (χ1) is 11.9. The molecule has 0 aliphatic heterocycles. The second kappa shape index (κ2) is 6.58. The Hall–Kier alpha value is -2.84. The number of anilines is 1. The Morgan fingerprint density at radius 1 is 1.40 bits per heavy atom. The van der Waals surface area contributed by atoms with Crippen LogP contribution in [-0.2, 0) is 12.6 Å². The van der Waals surface area contributed by atoms with Crippen LogP contribution in [0.3, 0.4) is 0 Å². The van der Waals surface area contributed by atoms with Crippen LogP contribution in [-0.4, -0.2) is 32.9 Å². The van der Waals surface area contributed by atoms with Gasteiger partial charge in [-0.25, -0.2) is 9.78 Å². The molecule has 9 nitrogen and oxygen atoms in total. The predicted molar refractivity (Wildman–Crippen MR) is 91.7 cm³/mol. The van der Waals surface area contributed by atoms with Gasteiger partial charge in [-0.1, -0.05) is 12.8 Å². The van der Waals surface area contributed by atoms with Crippen LogP contribution >= 0.6 is 0 Å². The lowest BCUT2D eigenvalue weighted by molar-refractivity contribution is 0.233. The fourth-order valence-corrected chi connectivity index (χ4v) is 3.16. The van der Waals surface area contributed by atoms with Crippen molar-refractivity contribution in [3.05, 3.63) is 34.1 Å². The van der Waals surface area contributed by atoms with Crippen LogP contribution < -0.4 is 20.9 Å². The number of aromatic amines is 1. The Kier molecular flexibility index (Phi) is 4.47. The van der Waals surface area contributed by atoms with Crippen molar-refractivity contribution in [2.75, 3.05) is 12.4 Å². The lowest BCUT2D eigenvalue weighted by Gasteiger charge is -2.29. The van der Waals surface area contributed by atoms with Gasteiger partial charge in [0.05, 0.1) is 18.8 Å². The van der Waals surface area contributed by atoms with Gasteiger partial charge in [0, 0.05) is 18.8 Å². The molecule has 2 aromatic heterocycles. The van der Waals surface area contributed by atoms with Crippen LogP contribution in [0.15, 0.2) is 17.1 Å². The number of hydrogen-bond acceptors (Lipinski definition) is 5. The Labute approximate surface area is 144 Å². The Balaban J connectivity index is 1.81. The maximum atomic E-state index is 12.5. The van der Waals surface area contributed by atoms with Crippen molar-refractivity contribution in [2.24, 2.45) is 7.05 Å². The zero-order valence-electron chi connectivity index (χ0n) is 14.5. The Bertz CT molecular complexity index is 815. The molecule has 1 aliphatic carbocycles. The van der Waals surface area contributed by atoms with E-state index in [1.165, 1.54) is 13.3 Å². The van der Waals surface area contributed by atoms with Gasteiger partial charge in [-0.3, -0.25) is 14.8 Å². The summed E-state index contributed by atoms with van der Waals surface area (Å²) in [5.41, 5.74) is -0.118. The fourth-order valence-electron chi connectivity index (χ4n) is 3.16. The number of methoxy groups -OCH3 is 1. The van der Waals surface area contributed by atoms with Gasteiger partial charge >= 0.3 is 6.03 Å². The minimum absolute atomic E-state index is 0.144. The van der Waals surface area contributed by atoms with Crippen LogP contribution in [0.5, 0.6) is 5.75 Å². The van der Waals surface area contributed by atoms with E-state index < -0.39 is 5.54 Å². The molecule has 0 saturated heterocycles. The molecule has 0 bridgehead atoms. The summed E-state index contributed by atoms with van der Waals surface area (Å²) in [4.78, 5) is 31.5. The van der Waals surface area contributed by atoms with Gasteiger partial charge in [-0.05, 0) is 19.8 Å². The van der Waals surface area contributed by atoms with Crippen molar-refractivity contribution in [1.29, 1.82) is 0 Å². The third-order valence-electron chi connectivity index (χ3n) is 4.61. The van der Waals surface area contributed by atoms with Crippen molar-refractivity contribution in [3.8, 4) is 5.75 Å². The number of H-pyrrole nitrogens is 1. The molecule has 0 aromatic carbocycles. The lowest BCUT2D eigenvalue weighted by atomic mass is 9.96. The van der Waals surface area contributed by atoms with E-state index in [0.717, 1.165) is 18.5 Å². The van der Waals surface area contributed by atoms with Crippen molar-refractivity contribution in [1.82, 2.24) is 25.1 Å². The molecule has 0 radical (unpaired) electrons. The van der Waals surface area contributed by atoms with Crippen molar-refractivity contribution in [2.45, 2.75) is 38.1 Å². The summed E-state index contributed by atoms with van der Waals surface area (Å²) in [5, 5.41) is 9.93. The third kappa shape index (κ3) is 3.35. The van der Waals surface area contributed by atoms with E-state index in [1.54, 1.807) is 10.7 Å². The van der Waals surface area contributed by atoms with E-state index in [1.807, 2.05) is 14.0 Å². The molecule has 25 heavy (non-hydrogen) atoms. The maximum Gasteiger partial charge on any atom is 0.321 e. The van der Waals surface area contributed by atoms with E-state index in [-0.39, 0.29) is 17.3 Å². The van der Waals surface area contributed by atoms with Gasteiger partial charge < -0.3 is 15.0 Å². The van der Waals surface area contributed by atoms with Gasteiger partial charge in [0.15, 0.2) is 5.82 Å². The molecule has 9 heteroatoms. The zero-order valence-corrected chi connectivity index (χ0v) is 14.5. The van der Waals surface area contributed by atoms with Crippen LogP contribution in [0, 0.1) is 6.92 Å². The monoisotopic (exact) mass is 346 g/mol. The van der Waals surface area contributed by atoms with E-state index in [4.69, 9.17) is 4.74 Å². The number of carbonyl (C=O) groups is 1. The number of urea groups is 1. The molecule has 134 valence electrons. The molecule has 2 amide bonds.